The lowest BCUT2D eigenvalue weighted by Gasteiger charge is -2.09. The van der Waals surface area contributed by atoms with Crippen LogP contribution in [0.15, 0.2) is 54.7 Å². The van der Waals surface area contributed by atoms with Crippen molar-refractivity contribution in [3.05, 3.63) is 54.7 Å². The molecule has 0 saturated heterocycles. The zero-order valence-electron chi connectivity index (χ0n) is 15.2. The van der Waals surface area contributed by atoms with Crippen LogP contribution in [0.3, 0.4) is 0 Å². The van der Waals surface area contributed by atoms with E-state index in [9.17, 15) is 9.90 Å². The summed E-state index contributed by atoms with van der Waals surface area (Å²) in [5.74, 6) is 1.42. The number of carbonyl (C=O) groups is 1. The minimum Gasteiger partial charge on any atom is -0.508 e. The van der Waals surface area contributed by atoms with Gasteiger partial charge in [0.1, 0.15) is 16.9 Å². The van der Waals surface area contributed by atoms with Gasteiger partial charge in [0, 0.05) is 25.2 Å². The van der Waals surface area contributed by atoms with Crippen molar-refractivity contribution in [3.8, 4) is 28.8 Å². The number of amides is 1. The van der Waals surface area contributed by atoms with Crippen molar-refractivity contribution >= 4 is 22.6 Å². The number of aryl methyl sites for hydroxylation is 1. The van der Waals surface area contributed by atoms with Crippen LogP contribution in [0.5, 0.6) is 17.4 Å². The van der Waals surface area contributed by atoms with Gasteiger partial charge in [-0.3, -0.25) is 9.48 Å². The second kappa shape index (κ2) is 6.99. The summed E-state index contributed by atoms with van der Waals surface area (Å²) < 4.78 is 7.63. The van der Waals surface area contributed by atoms with E-state index in [4.69, 9.17) is 4.74 Å². The van der Waals surface area contributed by atoms with Gasteiger partial charge in [-0.2, -0.15) is 10.1 Å². The van der Waals surface area contributed by atoms with Gasteiger partial charge in [-0.25, -0.2) is 4.98 Å². The number of carbonyl (C=O) groups excluding carboxylic acids is 1. The molecule has 0 atom stereocenters. The minimum atomic E-state index is -0.139. The van der Waals surface area contributed by atoms with Gasteiger partial charge in [0.25, 0.3) is 0 Å². The van der Waals surface area contributed by atoms with Crippen molar-refractivity contribution < 1.29 is 14.6 Å². The van der Waals surface area contributed by atoms with Crippen molar-refractivity contribution in [2.45, 2.75) is 6.92 Å². The van der Waals surface area contributed by atoms with Gasteiger partial charge in [-0.15, -0.1) is 0 Å². The third kappa shape index (κ3) is 3.48. The molecule has 0 bridgehead atoms. The fraction of sp³-hybridized carbons (Fsp3) is 0.100. The smallest absolute Gasteiger partial charge is 0.234 e. The van der Waals surface area contributed by atoms with E-state index in [2.05, 4.69) is 20.4 Å². The third-order valence-electron chi connectivity index (χ3n) is 4.07. The maximum Gasteiger partial charge on any atom is 0.234 e. The molecule has 0 radical (unpaired) electrons. The summed E-state index contributed by atoms with van der Waals surface area (Å²) in [5.41, 5.74) is 2.05. The number of phenols is 1. The van der Waals surface area contributed by atoms with Crippen LogP contribution in [0.4, 0.5) is 5.69 Å². The Bertz CT molecular complexity index is 1150. The first-order chi connectivity index (χ1) is 13.5. The Morgan fingerprint density at radius 1 is 1.07 bits per heavy atom. The van der Waals surface area contributed by atoms with E-state index in [-0.39, 0.29) is 11.7 Å². The molecule has 2 aromatic heterocycles. The van der Waals surface area contributed by atoms with Crippen molar-refractivity contribution in [3.63, 3.8) is 0 Å². The molecule has 2 N–H and O–H groups in total. The first-order valence-corrected chi connectivity index (χ1v) is 8.54. The second-order valence-electron chi connectivity index (χ2n) is 6.21. The molecule has 4 aromatic rings. The number of aromatic nitrogens is 4. The average molecular weight is 375 g/mol. The SMILES string of the molecule is CC(=O)Nc1ccc(Oc2nc(-c3ccc(O)cc3)nc3c2cnn3C)cc1. The largest absolute Gasteiger partial charge is 0.508 e. The summed E-state index contributed by atoms with van der Waals surface area (Å²) in [5, 5.41) is 17.1. The van der Waals surface area contributed by atoms with E-state index in [0.717, 1.165) is 5.56 Å². The summed E-state index contributed by atoms with van der Waals surface area (Å²) in [6, 6.07) is 13.6. The summed E-state index contributed by atoms with van der Waals surface area (Å²) in [6.45, 7) is 1.45. The third-order valence-corrected chi connectivity index (χ3v) is 4.07. The van der Waals surface area contributed by atoms with Crippen molar-refractivity contribution in [2.75, 3.05) is 5.32 Å². The quantitative estimate of drug-likeness (QED) is 0.566. The van der Waals surface area contributed by atoms with Gasteiger partial charge in [0.2, 0.25) is 11.8 Å². The number of fused-ring (bicyclic) bond motifs is 1. The number of ether oxygens (including phenoxy) is 1. The van der Waals surface area contributed by atoms with E-state index in [1.54, 1.807) is 66.5 Å². The van der Waals surface area contributed by atoms with Gasteiger partial charge < -0.3 is 15.2 Å². The first-order valence-electron chi connectivity index (χ1n) is 8.54. The molecule has 0 saturated carbocycles. The average Bonchev–Trinajstić information content (AvgIpc) is 3.05. The molecule has 2 heterocycles. The molecule has 0 aliphatic rings. The molecular weight excluding hydrogens is 358 g/mol. The monoisotopic (exact) mass is 375 g/mol. The zero-order chi connectivity index (χ0) is 19.7. The molecule has 8 heteroatoms. The Morgan fingerprint density at radius 2 is 1.79 bits per heavy atom. The number of nitrogens with zero attached hydrogens (tertiary/aromatic N) is 4. The summed E-state index contributed by atoms with van der Waals surface area (Å²) in [7, 11) is 1.79. The number of aromatic hydroxyl groups is 1. The van der Waals surface area contributed by atoms with Crippen LogP contribution in [0.25, 0.3) is 22.4 Å². The van der Waals surface area contributed by atoms with Crippen LogP contribution in [0.1, 0.15) is 6.92 Å². The second-order valence-corrected chi connectivity index (χ2v) is 6.21. The van der Waals surface area contributed by atoms with E-state index >= 15 is 0 Å². The number of nitrogens with one attached hydrogen (secondary N) is 1. The normalized spacial score (nSPS) is 10.8. The topological polar surface area (TPSA) is 102 Å². The molecule has 0 unspecified atom stereocenters. The molecule has 140 valence electrons. The Morgan fingerprint density at radius 3 is 2.46 bits per heavy atom. The van der Waals surface area contributed by atoms with Gasteiger partial charge in [-0.1, -0.05) is 0 Å². The highest BCUT2D eigenvalue weighted by molar-refractivity contribution is 5.88. The van der Waals surface area contributed by atoms with Crippen LogP contribution < -0.4 is 10.1 Å². The standard InChI is InChI=1S/C20H17N5O3/c1-12(26)22-14-5-9-16(10-6-14)28-20-17-11-21-25(2)19(17)23-18(24-20)13-3-7-15(27)8-4-13/h3-11,27H,1-2H3,(H,22,26). The summed E-state index contributed by atoms with van der Waals surface area (Å²) in [4.78, 5) is 20.3. The maximum absolute atomic E-state index is 11.1. The molecule has 0 aliphatic carbocycles. The Balaban J connectivity index is 1.73. The van der Waals surface area contributed by atoms with Crippen molar-refractivity contribution in [1.29, 1.82) is 0 Å². The number of hydrogen-bond acceptors (Lipinski definition) is 6. The van der Waals surface area contributed by atoms with Gasteiger partial charge in [-0.05, 0) is 48.5 Å². The van der Waals surface area contributed by atoms with E-state index in [0.29, 0.717) is 34.2 Å². The highest BCUT2D eigenvalue weighted by atomic mass is 16.5. The minimum absolute atomic E-state index is 0.139. The highest BCUT2D eigenvalue weighted by Crippen LogP contribution is 2.30. The van der Waals surface area contributed by atoms with Gasteiger partial charge in [0.15, 0.2) is 11.5 Å². The van der Waals surface area contributed by atoms with E-state index < -0.39 is 0 Å². The van der Waals surface area contributed by atoms with Crippen LogP contribution in [-0.4, -0.2) is 30.8 Å². The van der Waals surface area contributed by atoms with E-state index in [1.165, 1.54) is 6.92 Å². The zero-order valence-corrected chi connectivity index (χ0v) is 15.2. The number of phenolic OH excluding ortho intramolecular Hbond substituents is 1. The predicted molar refractivity (Wildman–Crippen MR) is 104 cm³/mol. The molecule has 1 amide bonds. The van der Waals surface area contributed by atoms with Gasteiger partial charge in [0.05, 0.1) is 6.20 Å². The molecule has 4 rings (SSSR count). The molecular formula is C20H17N5O3. The number of anilines is 1. The fourth-order valence-corrected chi connectivity index (χ4v) is 2.73. The Labute approximate surface area is 160 Å². The lowest BCUT2D eigenvalue weighted by molar-refractivity contribution is -0.114. The highest BCUT2D eigenvalue weighted by Gasteiger charge is 2.15. The molecule has 8 nitrogen and oxygen atoms in total. The predicted octanol–water partition coefficient (Wildman–Crippen LogP) is 3.49. The van der Waals surface area contributed by atoms with Crippen molar-refractivity contribution in [2.24, 2.45) is 7.05 Å². The van der Waals surface area contributed by atoms with Crippen LogP contribution in [-0.2, 0) is 11.8 Å². The van der Waals surface area contributed by atoms with Gasteiger partial charge >= 0.3 is 0 Å². The van der Waals surface area contributed by atoms with Crippen molar-refractivity contribution in [1.82, 2.24) is 19.7 Å². The summed E-state index contributed by atoms with van der Waals surface area (Å²) in [6.07, 6.45) is 1.65. The number of hydrogen-bond donors (Lipinski definition) is 2. The molecule has 28 heavy (non-hydrogen) atoms. The number of benzene rings is 2. The summed E-state index contributed by atoms with van der Waals surface area (Å²) >= 11 is 0. The fourth-order valence-electron chi connectivity index (χ4n) is 2.73. The molecule has 2 aromatic carbocycles. The molecule has 0 fully saturated rings. The van der Waals surface area contributed by atoms with Crippen LogP contribution in [0.2, 0.25) is 0 Å². The maximum atomic E-state index is 11.1. The number of rotatable bonds is 4. The van der Waals surface area contributed by atoms with E-state index in [1.807, 2.05) is 0 Å². The lowest BCUT2D eigenvalue weighted by atomic mass is 10.2. The van der Waals surface area contributed by atoms with Crippen LogP contribution >= 0.6 is 0 Å². The first kappa shape index (κ1) is 17.5. The molecule has 0 spiro atoms. The molecule has 0 aliphatic heterocycles. The Kier molecular flexibility index (Phi) is 4.36. The Hall–Kier alpha value is -3.94. The van der Waals surface area contributed by atoms with Crippen LogP contribution in [0, 0.1) is 0 Å². The lowest BCUT2D eigenvalue weighted by Crippen LogP contribution is -2.05.